The molecule has 0 atom stereocenters. The van der Waals surface area contributed by atoms with E-state index >= 15 is 0 Å². The summed E-state index contributed by atoms with van der Waals surface area (Å²) in [6.45, 7) is 7.35. The average molecular weight is 217 g/mol. The minimum absolute atomic E-state index is 0.748. The van der Waals surface area contributed by atoms with Gasteiger partial charge in [-0.25, -0.2) is 0 Å². The maximum absolute atomic E-state index is 5.87. The summed E-state index contributed by atoms with van der Waals surface area (Å²) in [4.78, 5) is 0. The van der Waals surface area contributed by atoms with Crippen molar-refractivity contribution in [1.82, 2.24) is 0 Å². The van der Waals surface area contributed by atoms with Gasteiger partial charge in [0.05, 0.1) is 6.61 Å². The van der Waals surface area contributed by atoms with Crippen LogP contribution in [0.15, 0.2) is 18.2 Å². The van der Waals surface area contributed by atoms with E-state index in [4.69, 9.17) is 4.74 Å². The second-order valence-corrected chi connectivity index (χ2v) is 4.84. The van der Waals surface area contributed by atoms with Crippen LogP contribution in [0.3, 0.4) is 0 Å². The highest BCUT2D eigenvalue weighted by Crippen LogP contribution is 2.47. The van der Waals surface area contributed by atoms with Gasteiger partial charge >= 0.3 is 0 Å². The summed E-state index contributed by atoms with van der Waals surface area (Å²) in [6.07, 6.45) is 3.72. The van der Waals surface area contributed by atoms with Crippen molar-refractivity contribution in [3.05, 3.63) is 35.2 Å². The number of hydrogen-bond donors (Lipinski definition) is 0. The molecule has 1 heteroatoms. The molecule has 0 heterocycles. The van der Waals surface area contributed by atoms with Crippen LogP contribution in [0.5, 0.6) is 5.75 Å². The number of rotatable bonds is 5. The van der Waals surface area contributed by atoms with Crippen molar-refractivity contribution >= 4 is 0 Å². The van der Waals surface area contributed by atoms with Gasteiger partial charge in [0.25, 0.3) is 0 Å². The minimum Gasteiger partial charge on any atom is -0.493 e. The quantitative estimate of drug-likeness (QED) is 0.714. The van der Waals surface area contributed by atoms with E-state index in [0.29, 0.717) is 0 Å². The normalized spacial score (nSPS) is 15.5. The lowest BCUT2D eigenvalue weighted by molar-refractivity contribution is 0.314. The molecule has 0 spiro atoms. The molecular formula is C15H21O. The number of hydrogen-bond acceptors (Lipinski definition) is 1. The Kier molecular flexibility index (Phi) is 3.52. The van der Waals surface area contributed by atoms with Gasteiger partial charge in [0, 0.05) is 5.56 Å². The molecular weight excluding hydrogens is 196 g/mol. The molecule has 2 rings (SSSR count). The molecule has 1 nitrogen and oxygen atoms in total. The third-order valence-electron chi connectivity index (χ3n) is 3.05. The standard InChI is InChI=1S/C15H21O/c1-4-10-16-14-7-5-6-13(11(2)3)15(14)12-8-9-12/h5-7,12H,4,8-10H2,1-3H3. The Balaban J connectivity index is 2.31. The first kappa shape index (κ1) is 11.5. The van der Waals surface area contributed by atoms with E-state index < -0.39 is 0 Å². The fourth-order valence-corrected chi connectivity index (χ4v) is 2.11. The van der Waals surface area contributed by atoms with Crippen LogP contribution in [0.4, 0.5) is 0 Å². The Hall–Kier alpha value is -0.980. The lowest BCUT2D eigenvalue weighted by atomic mass is 9.93. The molecule has 0 amide bonds. The van der Waals surface area contributed by atoms with Crippen LogP contribution >= 0.6 is 0 Å². The first-order valence-electron chi connectivity index (χ1n) is 6.30. The molecule has 1 aromatic rings. The molecule has 0 bridgehead atoms. The van der Waals surface area contributed by atoms with E-state index in [1.165, 1.54) is 29.9 Å². The van der Waals surface area contributed by atoms with Gasteiger partial charge < -0.3 is 4.74 Å². The molecule has 87 valence electrons. The molecule has 0 aromatic heterocycles. The summed E-state index contributed by atoms with van der Waals surface area (Å²) >= 11 is 0. The fraction of sp³-hybridized carbons (Fsp3) is 0.533. The molecule has 0 aliphatic heterocycles. The first-order chi connectivity index (χ1) is 7.74. The summed E-state index contributed by atoms with van der Waals surface area (Å²) in [5.41, 5.74) is 2.85. The molecule has 0 unspecified atom stereocenters. The van der Waals surface area contributed by atoms with E-state index in [1.807, 2.05) is 0 Å². The number of ether oxygens (including phenoxy) is 1. The largest absolute Gasteiger partial charge is 0.493 e. The van der Waals surface area contributed by atoms with Gasteiger partial charge in [-0.05, 0) is 42.7 Å². The Morgan fingerprint density at radius 2 is 2.06 bits per heavy atom. The van der Waals surface area contributed by atoms with Crippen LogP contribution in [0, 0.1) is 5.92 Å². The van der Waals surface area contributed by atoms with E-state index in [9.17, 15) is 0 Å². The van der Waals surface area contributed by atoms with E-state index in [1.54, 1.807) is 0 Å². The highest BCUT2D eigenvalue weighted by Gasteiger charge is 2.29. The second-order valence-electron chi connectivity index (χ2n) is 4.84. The van der Waals surface area contributed by atoms with Crippen molar-refractivity contribution in [1.29, 1.82) is 0 Å². The molecule has 1 aromatic carbocycles. The van der Waals surface area contributed by atoms with Crippen molar-refractivity contribution in [2.24, 2.45) is 0 Å². The molecule has 1 aliphatic carbocycles. The Bertz CT molecular complexity index is 350. The van der Waals surface area contributed by atoms with Crippen LogP contribution in [-0.4, -0.2) is 6.61 Å². The third-order valence-corrected chi connectivity index (χ3v) is 3.05. The van der Waals surface area contributed by atoms with E-state index in [2.05, 4.69) is 39.0 Å². The van der Waals surface area contributed by atoms with Crippen molar-refractivity contribution in [3.8, 4) is 5.75 Å². The van der Waals surface area contributed by atoms with Crippen molar-refractivity contribution in [3.63, 3.8) is 0 Å². The zero-order valence-electron chi connectivity index (χ0n) is 10.5. The van der Waals surface area contributed by atoms with Gasteiger partial charge in [0.1, 0.15) is 5.75 Å². The molecule has 0 N–H and O–H groups in total. The maximum atomic E-state index is 5.87. The Morgan fingerprint density at radius 3 is 2.62 bits per heavy atom. The lowest BCUT2D eigenvalue weighted by Gasteiger charge is -2.16. The Labute approximate surface area is 98.8 Å². The summed E-state index contributed by atoms with van der Waals surface area (Å²) in [7, 11) is 0. The fourth-order valence-electron chi connectivity index (χ4n) is 2.11. The summed E-state index contributed by atoms with van der Waals surface area (Å²) in [6, 6.07) is 6.46. The molecule has 1 aliphatic rings. The van der Waals surface area contributed by atoms with Crippen molar-refractivity contribution < 1.29 is 4.74 Å². The van der Waals surface area contributed by atoms with Crippen LogP contribution in [-0.2, 0) is 0 Å². The van der Waals surface area contributed by atoms with Crippen LogP contribution in [0.2, 0.25) is 0 Å². The predicted molar refractivity (Wildman–Crippen MR) is 67.9 cm³/mol. The van der Waals surface area contributed by atoms with Gasteiger partial charge in [-0.1, -0.05) is 32.9 Å². The van der Waals surface area contributed by atoms with E-state index in [-0.39, 0.29) is 0 Å². The summed E-state index contributed by atoms with van der Waals surface area (Å²) in [5.74, 6) is 3.25. The smallest absolute Gasteiger partial charge is 0.123 e. The SMILES string of the molecule is CCCOc1cccc([C](C)C)c1C1CC1. The van der Waals surface area contributed by atoms with Crippen LogP contribution in [0.25, 0.3) is 0 Å². The molecule has 1 fully saturated rings. The van der Waals surface area contributed by atoms with Gasteiger partial charge in [0.2, 0.25) is 0 Å². The average Bonchev–Trinajstić information content (AvgIpc) is 3.09. The monoisotopic (exact) mass is 217 g/mol. The predicted octanol–water partition coefficient (Wildman–Crippen LogP) is 4.32. The second kappa shape index (κ2) is 4.90. The highest BCUT2D eigenvalue weighted by atomic mass is 16.5. The third kappa shape index (κ3) is 2.40. The van der Waals surface area contributed by atoms with Gasteiger partial charge in [-0.2, -0.15) is 0 Å². The van der Waals surface area contributed by atoms with E-state index in [0.717, 1.165) is 24.7 Å². The topological polar surface area (TPSA) is 9.23 Å². The lowest BCUT2D eigenvalue weighted by Crippen LogP contribution is -2.02. The molecule has 1 radical (unpaired) electrons. The molecule has 0 saturated heterocycles. The molecule has 16 heavy (non-hydrogen) atoms. The zero-order valence-corrected chi connectivity index (χ0v) is 10.5. The molecule has 1 saturated carbocycles. The van der Waals surface area contributed by atoms with Crippen LogP contribution < -0.4 is 4.74 Å². The summed E-state index contributed by atoms with van der Waals surface area (Å²) in [5, 5.41) is 0. The maximum Gasteiger partial charge on any atom is 0.123 e. The van der Waals surface area contributed by atoms with Crippen LogP contribution in [0.1, 0.15) is 57.1 Å². The van der Waals surface area contributed by atoms with Gasteiger partial charge in [0.15, 0.2) is 0 Å². The highest BCUT2D eigenvalue weighted by molar-refractivity contribution is 5.49. The van der Waals surface area contributed by atoms with Gasteiger partial charge in [-0.3, -0.25) is 0 Å². The zero-order chi connectivity index (χ0) is 11.5. The van der Waals surface area contributed by atoms with Crippen molar-refractivity contribution in [2.45, 2.75) is 46.0 Å². The van der Waals surface area contributed by atoms with Gasteiger partial charge in [-0.15, -0.1) is 0 Å². The first-order valence-corrected chi connectivity index (χ1v) is 6.30. The number of benzene rings is 1. The minimum atomic E-state index is 0.748. The summed E-state index contributed by atoms with van der Waals surface area (Å²) < 4.78 is 5.87. The Morgan fingerprint density at radius 1 is 1.31 bits per heavy atom. The van der Waals surface area contributed by atoms with Crippen molar-refractivity contribution in [2.75, 3.05) is 6.61 Å².